The molecule has 108 valence electrons. The van der Waals surface area contributed by atoms with Crippen molar-refractivity contribution in [3.63, 3.8) is 0 Å². The standard InChI is InChI=1S/C16H15BrN2O2/c1-11(20)19-15-7-3-5-13(9-15)16(21)18-10-12-4-2-6-14(17)8-12/h2-9H,10H2,1H3,(H,18,21)(H,19,20). The van der Waals surface area contributed by atoms with Gasteiger partial charge >= 0.3 is 0 Å². The average molecular weight is 347 g/mol. The molecule has 0 atom stereocenters. The van der Waals surface area contributed by atoms with Gasteiger partial charge in [0, 0.05) is 29.2 Å². The first kappa shape index (κ1) is 15.3. The Bertz CT molecular complexity index is 671. The van der Waals surface area contributed by atoms with Crippen molar-refractivity contribution in [3.8, 4) is 0 Å². The average Bonchev–Trinajstić information content (AvgIpc) is 2.44. The molecule has 2 aromatic carbocycles. The normalized spacial score (nSPS) is 10.0. The van der Waals surface area contributed by atoms with E-state index in [0.29, 0.717) is 17.8 Å². The van der Waals surface area contributed by atoms with E-state index in [1.165, 1.54) is 6.92 Å². The van der Waals surface area contributed by atoms with Crippen LogP contribution in [0.5, 0.6) is 0 Å². The lowest BCUT2D eigenvalue weighted by Gasteiger charge is -2.08. The second-order valence-electron chi connectivity index (χ2n) is 4.57. The smallest absolute Gasteiger partial charge is 0.251 e. The van der Waals surface area contributed by atoms with Crippen LogP contribution >= 0.6 is 15.9 Å². The fourth-order valence-electron chi connectivity index (χ4n) is 1.87. The summed E-state index contributed by atoms with van der Waals surface area (Å²) in [6.07, 6.45) is 0. The Kier molecular flexibility index (Phi) is 5.11. The topological polar surface area (TPSA) is 58.2 Å². The van der Waals surface area contributed by atoms with Crippen molar-refractivity contribution in [1.29, 1.82) is 0 Å². The fraction of sp³-hybridized carbons (Fsp3) is 0.125. The van der Waals surface area contributed by atoms with E-state index in [1.54, 1.807) is 24.3 Å². The summed E-state index contributed by atoms with van der Waals surface area (Å²) >= 11 is 3.39. The van der Waals surface area contributed by atoms with Crippen molar-refractivity contribution in [1.82, 2.24) is 5.32 Å². The van der Waals surface area contributed by atoms with Crippen molar-refractivity contribution < 1.29 is 9.59 Å². The molecule has 0 saturated carbocycles. The van der Waals surface area contributed by atoms with Crippen LogP contribution in [0.3, 0.4) is 0 Å². The predicted octanol–water partition coefficient (Wildman–Crippen LogP) is 3.34. The van der Waals surface area contributed by atoms with Gasteiger partial charge in [-0.25, -0.2) is 0 Å². The van der Waals surface area contributed by atoms with Crippen molar-refractivity contribution >= 4 is 33.4 Å². The summed E-state index contributed by atoms with van der Waals surface area (Å²) in [5.41, 5.74) is 2.13. The van der Waals surface area contributed by atoms with Crippen LogP contribution in [-0.2, 0) is 11.3 Å². The molecule has 2 N–H and O–H groups in total. The lowest BCUT2D eigenvalue weighted by atomic mass is 10.1. The molecule has 21 heavy (non-hydrogen) atoms. The Morgan fingerprint density at radius 2 is 1.86 bits per heavy atom. The predicted molar refractivity (Wildman–Crippen MR) is 86.1 cm³/mol. The molecular weight excluding hydrogens is 332 g/mol. The molecule has 0 radical (unpaired) electrons. The molecule has 0 saturated heterocycles. The van der Waals surface area contributed by atoms with Crippen LogP contribution in [0.1, 0.15) is 22.8 Å². The summed E-state index contributed by atoms with van der Waals surface area (Å²) in [6, 6.07) is 14.6. The number of halogens is 1. The quantitative estimate of drug-likeness (QED) is 0.891. The van der Waals surface area contributed by atoms with Gasteiger partial charge in [0.25, 0.3) is 5.91 Å². The number of carbonyl (C=O) groups is 2. The SMILES string of the molecule is CC(=O)Nc1cccc(C(=O)NCc2cccc(Br)c2)c1. The third kappa shape index (κ3) is 4.72. The number of nitrogens with one attached hydrogen (secondary N) is 2. The van der Waals surface area contributed by atoms with Crippen LogP contribution in [0.25, 0.3) is 0 Å². The van der Waals surface area contributed by atoms with Crippen molar-refractivity contribution in [2.24, 2.45) is 0 Å². The van der Waals surface area contributed by atoms with E-state index in [9.17, 15) is 9.59 Å². The highest BCUT2D eigenvalue weighted by atomic mass is 79.9. The van der Waals surface area contributed by atoms with Crippen LogP contribution in [0.4, 0.5) is 5.69 Å². The maximum Gasteiger partial charge on any atom is 0.251 e. The second-order valence-corrected chi connectivity index (χ2v) is 5.49. The molecule has 2 amide bonds. The van der Waals surface area contributed by atoms with Crippen molar-refractivity contribution in [3.05, 3.63) is 64.1 Å². The lowest BCUT2D eigenvalue weighted by Crippen LogP contribution is -2.22. The van der Waals surface area contributed by atoms with Gasteiger partial charge in [0.05, 0.1) is 0 Å². The number of carbonyl (C=O) groups excluding carboxylic acids is 2. The van der Waals surface area contributed by atoms with Crippen LogP contribution in [0, 0.1) is 0 Å². The molecule has 2 rings (SSSR count). The monoisotopic (exact) mass is 346 g/mol. The largest absolute Gasteiger partial charge is 0.348 e. The number of hydrogen-bond acceptors (Lipinski definition) is 2. The zero-order valence-electron chi connectivity index (χ0n) is 11.5. The van der Waals surface area contributed by atoms with Crippen molar-refractivity contribution in [2.75, 3.05) is 5.32 Å². The first-order valence-corrected chi connectivity index (χ1v) is 7.24. The van der Waals surface area contributed by atoms with Gasteiger partial charge in [0.15, 0.2) is 0 Å². The molecule has 5 heteroatoms. The highest BCUT2D eigenvalue weighted by Crippen LogP contribution is 2.13. The van der Waals surface area contributed by atoms with E-state index in [4.69, 9.17) is 0 Å². The zero-order chi connectivity index (χ0) is 15.2. The zero-order valence-corrected chi connectivity index (χ0v) is 13.1. The molecule has 0 aliphatic rings. The van der Waals surface area contributed by atoms with Crippen LogP contribution < -0.4 is 10.6 Å². The third-order valence-corrected chi connectivity index (χ3v) is 3.28. The number of rotatable bonds is 4. The molecule has 0 fully saturated rings. The summed E-state index contributed by atoms with van der Waals surface area (Å²) in [4.78, 5) is 23.1. The van der Waals surface area contributed by atoms with Crippen LogP contribution in [-0.4, -0.2) is 11.8 Å². The Labute approximate surface area is 131 Å². The number of hydrogen-bond donors (Lipinski definition) is 2. The lowest BCUT2D eigenvalue weighted by molar-refractivity contribution is -0.114. The van der Waals surface area contributed by atoms with Gasteiger partial charge in [-0.2, -0.15) is 0 Å². The first-order chi connectivity index (χ1) is 10.0. The van der Waals surface area contributed by atoms with Crippen LogP contribution in [0.2, 0.25) is 0 Å². The van der Waals surface area contributed by atoms with Gasteiger partial charge in [-0.1, -0.05) is 34.1 Å². The number of anilines is 1. The second kappa shape index (κ2) is 7.04. The maximum absolute atomic E-state index is 12.1. The third-order valence-electron chi connectivity index (χ3n) is 2.79. The molecule has 0 spiro atoms. The molecule has 0 unspecified atom stereocenters. The van der Waals surface area contributed by atoms with E-state index in [1.807, 2.05) is 24.3 Å². The molecule has 0 aliphatic carbocycles. The molecule has 0 bridgehead atoms. The summed E-state index contributed by atoms with van der Waals surface area (Å²) in [5, 5.41) is 5.51. The van der Waals surface area contributed by atoms with Gasteiger partial charge in [-0.15, -0.1) is 0 Å². The summed E-state index contributed by atoms with van der Waals surface area (Å²) in [6.45, 7) is 1.88. The molecule has 4 nitrogen and oxygen atoms in total. The maximum atomic E-state index is 12.1. The molecular formula is C16H15BrN2O2. The number of benzene rings is 2. The Morgan fingerprint density at radius 1 is 1.10 bits per heavy atom. The van der Waals surface area contributed by atoms with E-state index >= 15 is 0 Å². The van der Waals surface area contributed by atoms with Gasteiger partial charge in [0.1, 0.15) is 0 Å². The van der Waals surface area contributed by atoms with E-state index < -0.39 is 0 Å². The highest BCUT2D eigenvalue weighted by molar-refractivity contribution is 9.10. The first-order valence-electron chi connectivity index (χ1n) is 6.45. The molecule has 0 aliphatic heterocycles. The van der Waals surface area contributed by atoms with E-state index in [-0.39, 0.29) is 11.8 Å². The molecule has 0 heterocycles. The molecule has 0 aromatic heterocycles. The van der Waals surface area contributed by atoms with E-state index in [2.05, 4.69) is 26.6 Å². The van der Waals surface area contributed by atoms with Gasteiger partial charge in [-0.3, -0.25) is 9.59 Å². The number of amides is 2. The van der Waals surface area contributed by atoms with Gasteiger partial charge in [0.2, 0.25) is 5.91 Å². The fourth-order valence-corrected chi connectivity index (χ4v) is 2.32. The minimum absolute atomic E-state index is 0.165. The van der Waals surface area contributed by atoms with Crippen LogP contribution in [0.15, 0.2) is 53.0 Å². The van der Waals surface area contributed by atoms with Crippen molar-refractivity contribution in [2.45, 2.75) is 13.5 Å². The van der Waals surface area contributed by atoms with Gasteiger partial charge < -0.3 is 10.6 Å². The van der Waals surface area contributed by atoms with Gasteiger partial charge in [-0.05, 0) is 35.9 Å². The highest BCUT2D eigenvalue weighted by Gasteiger charge is 2.06. The summed E-state index contributed by atoms with van der Waals surface area (Å²) in [7, 11) is 0. The minimum atomic E-state index is -0.179. The Morgan fingerprint density at radius 3 is 2.57 bits per heavy atom. The van der Waals surface area contributed by atoms with E-state index in [0.717, 1.165) is 10.0 Å². The molecule has 2 aromatic rings. The summed E-state index contributed by atoms with van der Waals surface area (Å²) < 4.78 is 0.974. The Balaban J connectivity index is 2.01. The summed E-state index contributed by atoms with van der Waals surface area (Å²) in [5.74, 6) is -0.344. The Hall–Kier alpha value is -2.14. The minimum Gasteiger partial charge on any atom is -0.348 e.